The van der Waals surface area contributed by atoms with Gasteiger partial charge >= 0.3 is 0 Å². The molecule has 0 aliphatic carbocycles. The van der Waals surface area contributed by atoms with Crippen LogP contribution in [0.15, 0.2) is 41.8 Å². The second kappa shape index (κ2) is 7.97. The highest BCUT2D eigenvalue weighted by Crippen LogP contribution is 2.15. The average Bonchev–Trinajstić information content (AvgIpc) is 2.29. The van der Waals surface area contributed by atoms with E-state index in [0.29, 0.717) is 18.5 Å². The van der Waals surface area contributed by atoms with E-state index >= 15 is 0 Å². The number of hydrogen-bond donors (Lipinski definition) is 3. The van der Waals surface area contributed by atoms with E-state index in [-0.39, 0.29) is 11.5 Å². The van der Waals surface area contributed by atoms with Gasteiger partial charge in [0, 0.05) is 6.54 Å². The second-order valence-electron chi connectivity index (χ2n) is 3.09. The number of nitrogens with two attached hydrogens (primary N) is 1. The third kappa shape index (κ3) is 6.18. The SMILES string of the molecule is C=CCc1ccccc1S(=O)(=O)O.NCCO. The Morgan fingerprint density at radius 2 is 1.88 bits per heavy atom. The van der Waals surface area contributed by atoms with Crippen LogP contribution in [0.1, 0.15) is 5.56 Å². The molecule has 0 heterocycles. The van der Waals surface area contributed by atoms with Gasteiger partial charge in [0.05, 0.1) is 11.5 Å². The summed E-state index contributed by atoms with van der Waals surface area (Å²) in [7, 11) is -4.10. The van der Waals surface area contributed by atoms with Gasteiger partial charge in [0.2, 0.25) is 0 Å². The lowest BCUT2D eigenvalue weighted by molar-refractivity contribution is 0.306. The van der Waals surface area contributed by atoms with Crippen LogP contribution in [-0.4, -0.2) is 31.2 Å². The quantitative estimate of drug-likeness (QED) is 0.543. The highest BCUT2D eigenvalue weighted by molar-refractivity contribution is 7.85. The van der Waals surface area contributed by atoms with Crippen LogP contribution in [-0.2, 0) is 16.5 Å². The Kier molecular flexibility index (Phi) is 7.40. The number of aliphatic hydroxyl groups excluding tert-OH is 1. The molecule has 96 valence electrons. The normalized spacial score (nSPS) is 10.3. The summed E-state index contributed by atoms with van der Waals surface area (Å²) in [5.41, 5.74) is 5.33. The highest BCUT2D eigenvalue weighted by Gasteiger charge is 2.12. The molecule has 0 unspecified atom stereocenters. The lowest BCUT2D eigenvalue weighted by Crippen LogP contribution is -2.02. The highest BCUT2D eigenvalue weighted by atomic mass is 32.2. The maximum Gasteiger partial charge on any atom is 0.294 e. The fourth-order valence-electron chi connectivity index (χ4n) is 1.08. The van der Waals surface area contributed by atoms with Crippen molar-refractivity contribution in [3.05, 3.63) is 42.5 Å². The molecule has 0 spiro atoms. The molecule has 0 fully saturated rings. The zero-order valence-corrected chi connectivity index (χ0v) is 10.2. The lowest BCUT2D eigenvalue weighted by atomic mass is 10.1. The molecule has 0 aromatic heterocycles. The minimum absolute atomic E-state index is 0.0464. The summed E-state index contributed by atoms with van der Waals surface area (Å²) in [6.07, 6.45) is 2.01. The lowest BCUT2D eigenvalue weighted by Gasteiger charge is -2.02. The first-order valence-electron chi connectivity index (χ1n) is 4.94. The van der Waals surface area contributed by atoms with Crippen molar-refractivity contribution in [1.29, 1.82) is 0 Å². The molecule has 0 radical (unpaired) electrons. The molecule has 1 rings (SSSR count). The standard InChI is InChI=1S/C9H10O3S.C2H7NO/c1-2-5-8-6-3-4-7-9(8)13(10,11)12;3-1-2-4/h2-4,6-7H,1,5H2,(H,10,11,12);4H,1-3H2. The van der Waals surface area contributed by atoms with Crippen LogP contribution in [0.25, 0.3) is 0 Å². The van der Waals surface area contributed by atoms with Crippen LogP contribution in [0.2, 0.25) is 0 Å². The molecule has 5 nitrogen and oxygen atoms in total. The maximum atomic E-state index is 10.8. The molecular formula is C11H17NO4S. The molecule has 0 bridgehead atoms. The van der Waals surface area contributed by atoms with Crippen LogP contribution < -0.4 is 5.73 Å². The van der Waals surface area contributed by atoms with Crippen molar-refractivity contribution in [2.24, 2.45) is 5.73 Å². The Morgan fingerprint density at radius 1 is 1.35 bits per heavy atom. The largest absolute Gasteiger partial charge is 0.395 e. The van der Waals surface area contributed by atoms with E-state index in [1.54, 1.807) is 24.3 Å². The van der Waals surface area contributed by atoms with Crippen molar-refractivity contribution in [2.45, 2.75) is 11.3 Å². The third-order valence-corrected chi connectivity index (χ3v) is 2.70. The van der Waals surface area contributed by atoms with E-state index in [0.717, 1.165) is 0 Å². The van der Waals surface area contributed by atoms with Crippen LogP contribution in [0.5, 0.6) is 0 Å². The predicted octanol–water partition coefficient (Wildman–Crippen LogP) is 0.599. The fourth-order valence-corrected chi connectivity index (χ4v) is 1.81. The van der Waals surface area contributed by atoms with Crippen LogP contribution in [0.4, 0.5) is 0 Å². The first-order chi connectivity index (χ1) is 7.97. The summed E-state index contributed by atoms with van der Waals surface area (Å²) < 4.78 is 30.5. The van der Waals surface area contributed by atoms with Gasteiger partial charge in [0.25, 0.3) is 10.1 Å². The molecule has 0 saturated heterocycles. The molecule has 0 aliphatic heterocycles. The molecule has 1 aromatic carbocycles. The van der Waals surface area contributed by atoms with Crippen molar-refractivity contribution in [2.75, 3.05) is 13.2 Å². The van der Waals surface area contributed by atoms with Gasteiger partial charge in [-0.1, -0.05) is 24.3 Å². The number of allylic oxidation sites excluding steroid dienone is 1. The van der Waals surface area contributed by atoms with Crippen molar-refractivity contribution < 1.29 is 18.1 Å². The minimum Gasteiger partial charge on any atom is -0.395 e. The van der Waals surface area contributed by atoms with Gasteiger partial charge in [0.15, 0.2) is 0 Å². The topological polar surface area (TPSA) is 101 Å². The van der Waals surface area contributed by atoms with Crippen molar-refractivity contribution >= 4 is 10.1 Å². The summed E-state index contributed by atoms with van der Waals surface area (Å²) in [6, 6.07) is 6.29. The fraction of sp³-hybridized carbons (Fsp3) is 0.273. The number of hydrogen-bond acceptors (Lipinski definition) is 4. The van der Waals surface area contributed by atoms with E-state index in [9.17, 15) is 8.42 Å². The Bertz CT molecular complexity index is 441. The summed E-state index contributed by atoms with van der Waals surface area (Å²) in [4.78, 5) is -0.0464. The molecular weight excluding hydrogens is 242 g/mol. The van der Waals surface area contributed by atoms with E-state index in [1.807, 2.05) is 0 Å². The van der Waals surface area contributed by atoms with Gasteiger partial charge in [0.1, 0.15) is 0 Å². The minimum atomic E-state index is -4.10. The number of rotatable bonds is 4. The van der Waals surface area contributed by atoms with Crippen molar-refractivity contribution in [1.82, 2.24) is 0 Å². The monoisotopic (exact) mass is 259 g/mol. The predicted molar refractivity (Wildman–Crippen MR) is 66.3 cm³/mol. The van der Waals surface area contributed by atoms with E-state index in [2.05, 4.69) is 6.58 Å². The van der Waals surface area contributed by atoms with Gasteiger partial charge in [-0.15, -0.1) is 6.58 Å². The number of benzene rings is 1. The van der Waals surface area contributed by atoms with E-state index in [1.165, 1.54) is 6.07 Å². The van der Waals surface area contributed by atoms with Gasteiger partial charge in [-0.2, -0.15) is 8.42 Å². The average molecular weight is 259 g/mol. The first-order valence-corrected chi connectivity index (χ1v) is 6.38. The summed E-state index contributed by atoms with van der Waals surface area (Å²) in [5.74, 6) is 0. The zero-order valence-electron chi connectivity index (χ0n) is 9.41. The molecule has 4 N–H and O–H groups in total. The van der Waals surface area contributed by atoms with Crippen molar-refractivity contribution in [3.63, 3.8) is 0 Å². The van der Waals surface area contributed by atoms with Gasteiger partial charge in [-0.25, -0.2) is 0 Å². The molecule has 6 heteroatoms. The van der Waals surface area contributed by atoms with Gasteiger partial charge in [-0.05, 0) is 18.1 Å². The Hall–Kier alpha value is -1.21. The summed E-state index contributed by atoms with van der Waals surface area (Å²) in [5, 5.41) is 7.75. The maximum absolute atomic E-state index is 10.8. The summed E-state index contributed by atoms with van der Waals surface area (Å²) in [6.45, 7) is 3.97. The molecule has 1 aromatic rings. The van der Waals surface area contributed by atoms with Gasteiger partial charge in [-0.3, -0.25) is 4.55 Å². The molecule has 0 saturated carbocycles. The zero-order chi connectivity index (χ0) is 13.3. The third-order valence-electron chi connectivity index (χ3n) is 1.74. The molecule has 0 aliphatic rings. The van der Waals surface area contributed by atoms with Crippen LogP contribution in [0.3, 0.4) is 0 Å². The molecule has 0 atom stereocenters. The van der Waals surface area contributed by atoms with E-state index in [4.69, 9.17) is 15.4 Å². The van der Waals surface area contributed by atoms with Crippen LogP contribution in [0, 0.1) is 0 Å². The van der Waals surface area contributed by atoms with Gasteiger partial charge < -0.3 is 10.8 Å². The Balaban J connectivity index is 0.000000557. The first kappa shape index (κ1) is 15.8. The second-order valence-corrected chi connectivity index (χ2v) is 4.48. The Labute approximate surface area is 101 Å². The smallest absolute Gasteiger partial charge is 0.294 e. The van der Waals surface area contributed by atoms with Crippen molar-refractivity contribution in [3.8, 4) is 0 Å². The molecule has 0 amide bonds. The number of aliphatic hydroxyl groups is 1. The Morgan fingerprint density at radius 3 is 2.29 bits per heavy atom. The van der Waals surface area contributed by atoms with E-state index < -0.39 is 10.1 Å². The van der Waals surface area contributed by atoms with Crippen LogP contribution >= 0.6 is 0 Å². The summed E-state index contributed by atoms with van der Waals surface area (Å²) >= 11 is 0. The molecule has 17 heavy (non-hydrogen) atoms.